The molecule has 22 heavy (non-hydrogen) atoms. The second kappa shape index (κ2) is 8.09. The molecule has 2 heterocycles. The largest absolute Gasteiger partial charge is 0.366 e. The molecule has 2 rings (SSSR count). The summed E-state index contributed by atoms with van der Waals surface area (Å²) < 4.78 is 0. The summed E-state index contributed by atoms with van der Waals surface area (Å²) in [7, 11) is 3.42. The lowest BCUT2D eigenvalue weighted by Gasteiger charge is -1.99. The SMILES string of the molecule is CN(C)/N=N/c1[nH]cnc1C(N)=O.NC(=O)c1cccnc1. The van der Waals surface area contributed by atoms with E-state index in [0.29, 0.717) is 5.56 Å². The van der Waals surface area contributed by atoms with Gasteiger partial charge in [0.15, 0.2) is 11.5 Å². The number of primary amides is 2. The Bertz CT molecular complexity index is 650. The van der Waals surface area contributed by atoms with Crippen LogP contribution in [0.1, 0.15) is 20.8 Å². The van der Waals surface area contributed by atoms with Gasteiger partial charge < -0.3 is 16.5 Å². The minimum absolute atomic E-state index is 0.0885. The number of aromatic nitrogens is 3. The first-order valence-corrected chi connectivity index (χ1v) is 6.03. The van der Waals surface area contributed by atoms with Crippen LogP contribution in [0.4, 0.5) is 5.82 Å². The molecule has 0 saturated heterocycles. The van der Waals surface area contributed by atoms with Crippen LogP contribution in [0.5, 0.6) is 0 Å². The number of H-pyrrole nitrogens is 1. The van der Waals surface area contributed by atoms with Crippen LogP contribution in [0.2, 0.25) is 0 Å². The Kier molecular flexibility index (Phi) is 6.16. The van der Waals surface area contributed by atoms with Crippen LogP contribution < -0.4 is 11.5 Å². The molecule has 0 spiro atoms. The van der Waals surface area contributed by atoms with Crippen molar-refractivity contribution >= 4 is 17.6 Å². The summed E-state index contributed by atoms with van der Waals surface area (Å²) in [6.45, 7) is 0. The lowest BCUT2D eigenvalue weighted by molar-refractivity contribution is 0.0989. The molecule has 0 atom stereocenters. The van der Waals surface area contributed by atoms with E-state index in [1.54, 1.807) is 32.4 Å². The van der Waals surface area contributed by atoms with E-state index in [2.05, 4.69) is 25.3 Å². The number of aromatic amines is 1. The van der Waals surface area contributed by atoms with Gasteiger partial charge in [0, 0.05) is 26.5 Å². The summed E-state index contributed by atoms with van der Waals surface area (Å²) in [5.74, 6) is -0.807. The highest BCUT2D eigenvalue weighted by Gasteiger charge is 2.10. The van der Waals surface area contributed by atoms with Crippen molar-refractivity contribution in [3.63, 3.8) is 0 Å². The number of hydrogen-bond acceptors (Lipinski definition) is 6. The van der Waals surface area contributed by atoms with Crippen molar-refractivity contribution in [1.29, 1.82) is 0 Å². The molecule has 0 aliphatic heterocycles. The normalized spacial score (nSPS) is 9.91. The first kappa shape index (κ1) is 16.8. The van der Waals surface area contributed by atoms with Crippen LogP contribution in [0, 0.1) is 0 Å². The smallest absolute Gasteiger partial charge is 0.271 e. The van der Waals surface area contributed by atoms with E-state index < -0.39 is 11.8 Å². The Morgan fingerprint density at radius 2 is 2.00 bits per heavy atom. The quantitative estimate of drug-likeness (QED) is 0.545. The lowest BCUT2D eigenvalue weighted by atomic mass is 10.3. The zero-order valence-corrected chi connectivity index (χ0v) is 12.1. The Morgan fingerprint density at radius 1 is 1.27 bits per heavy atom. The first-order valence-electron chi connectivity index (χ1n) is 6.03. The van der Waals surface area contributed by atoms with Crippen molar-refractivity contribution in [1.82, 2.24) is 20.0 Å². The van der Waals surface area contributed by atoms with E-state index in [-0.39, 0.29) is 11.5 Å². The number of nitrogens with zero attached hydrogens (tertiary/aromatic N) is 5. The van der Waals surface area contributed by atoms with E-state index in [1.165, 1.54) is 17.5 Å². The van der Waals surface area contributed by atoms with Gasteiger partial charge in [-0.15, -0.1) is 5.11 Å². The second-order valence-corrected chi connectivity index (χ2v) is 4.11. The summed E-state index contributed by atoms with van der Waals surface area (Å²) in [5, 5.41) is 8.90. The minimum Gasteiger partial charge on any atom is -0.366 e. The molecule has 0 unspecified atom stereocenters. The van der Waals surface area contributed by atoms with Crippen LogP contribution in [0.3, 0.4) is 0 Å². The van der Waals surface area contributed by atoms with E-state index in [1.807, 2.05) is 0 Å². The number of rotatable bonds is 4. The van der Waals surface area contributed by atoms with Gasteiger partial charge in [0.1, 0.15) is 0 Å². The van der Waals surface area contributed by atoms with Crippen LogP contribution in [0.25, 0.3) is 0 Å². The zero-order chi connectivity index (χ0) is 16.5. The average molecular weight is 304 g/mol. The molecule has 0 aromatic carbocycles. The molecule has 0 fully saturated rings. The number of hydrogen-bond donors (Lipinski definition) is 3. The zero-order valence-electron chi connectivity index (χ0n) is 12.1. The summed E-state index contributed by atoms with van der Waals surface area (Å²) >= 11 is 0. The van der Waals surface area contributed by atoms with Crippen LogP contribution in [0.15, 0.2) is 41.2 Å². The Morgan fingerprint density at radius 3 is 2.45 bits per heavy atom. The summed E-state index contributed by atoms with van der Waals surface area (Å²) in [6, 6.07) is 3.29. The standard InChI is InChI=1S/C6H10N6O.C6H6N2O/c1-12(2)11-10-6-4(5(7)13)8-3-9-6;7-6(9)5-2-1-3-8-4-5/h3H,1-2H3,(H2,7,13)(H,8,9);1-4H,(H2,7,9)/b11-10+;. The number of pyridine rings is 1. The maximum absolute atomic E-state index is 10.8. The molecular weight excluding hydrogens is 288 g/mol. The highest BCUT2D eigenvalue weighted by atomic mass is 16.1. The van der Waals surface area contributed by atoms with E-state index >= 15 is 0 Å². The Labute approximate surface area is 126 Å². The highest BCUT2D eigenvalue weighted by molar-refractivity contribution is 5.94. The molecule has 2 aromatic heterocycles. The van der Waals surface area contributed by atoms with Gasteiger partial charge in [-0.3, -0.25) is 19.6 Å². The predicted molar refractivity (Wildman–Crippen MR) is 78.1 cm³/mol. The molecular formula is C12H16N8O2. The van der Waals surface area contributed by atoms with Gasteiger partial charge in [-0.25, -0.2) is 4.98 Å². The third kappa shape index (κ3) is 5.36. The molecule has 0 bridgehead atoms. The molecule has 10 heteroatoms. The molecule has 116 valence electrons. The van der Waals surface area contributed by atoms with E-state index in [4.69, 9.17) is 11.5 Å². The molecule has 2 aromatic rings. The predicted octanol–water partition coefficient (Wildman–Crippen LogP) is 0.249. The van der Waals surface area contributed by atoms with Crippen LogP contribution in [-0.4, -0.2) is 45.9 Å². The lowest BCUT2D eigenvalue weighted by Crippen LogP contribution is -2.11. The van der Waals surface area contributed by atoms with Gasteiger partial charge in [-0.1, -0.05) is 5.22 Å². The molecule has 0 aliphatic carbocycles. The number of nitrogens with two attached hydrogens (primary N) is 2. The fourth-order valence-corrected chi connectivity index (χ4v) is 1.19. The fraction of sp³-hybridized carbons (Fsp3) is 0.167. The molecule has 10 nitrogen and oxygen atoms in total. The topological polar surface area (TPSA) is 156 Å². The number of nitrogens with one attached hydrogen (secondary N) is 1. The maximum atomic E-state index is 10.8. The monoisotopic (exact) mass is 304 g/mol. The van der Waals surface area contributed by atoms with Crippen molar-refractivity contribution in [3.05, 3.63) is 42.1 Å². The Hall–Kier alpha value is -3.30. The number of carbonyl (C=O) groups is 2. The van der Waals surface area contributed by atoms with Crippen molar-refractivity contribution < 1.29 is 9.59 Å². The van der Waals surface area contributed by atoms with Gasteiger partial charge >= 0.3 is 0 Å². The van der Waals surface area contributed by atoms with E-state index in [9.17, 15) is 9.59 Å². The molecule has 0 aliphatic rings. The fourth-order valence-electron chi connectivity index (χ4n) is 1.19. The summed E-state index contributed by atoms with van der Waals surface area (Å²) in [4.78, 5) is 31.2. The molecule has 2 amide bonds. The first-order chi connectivity index (χ1) is 10.4. The van der Waals surface area contributed by atoms with Crippen molar-refractivity contribution in [2.45, 2.75) is 0 Å². The molecule has 0 saturated carbocycles. The highest BCUT2D eigenvalue weighted by Crippen LogP contribution is 2.12. The second-order valence-electron chi connectivity index (χ2n) is 4.11. The maximum Gasteiger partial charge on any atom is 0.271 e. The average Bonchev–Trinajstić information content (AvgIpc) is 2.95. The summed E-state index contributed by atoms with van der Waals surface area (Å²) in [5.41, 5.74) is 10.5. The van der Waals surface area contributed by atoms with Crippen LogP contribution >= 0.6 is 0 Å². The van der Waals surface area contributed by atoms with Gasteiger partial charge in [0.25, 0.3) is 5.91 Å². The van der Waals surface area contributed by atoms with Crippen molar-refractivity contribution in [3.8, 4) is 0 Å². The number of imidazole rings is 1. The Balaban J connectivity index is 0.000000235. The number of carbonyl (C=O) groups excluding carboxylic acids is 2. The number of amides is 2. The van der Waals surface area contributed by atoms with Crippen molar-refractivity contribution in [2.24, 2.45) is 21.8 Å². The molecule has 0 radical (unpaired) electrons. The molecule has 5 N–H and O–H groups in total. The van der Waals surface area contributed by atoms with Gasteiger partial charge in [-0.2, -0.15) is 0 Å². The third-order valence-corrected chi connectivity index (χ3v) is 2.12. The van der Waals surface area contributed by atoms with Gasteiger partial charge in [0.05, 0.1) is 11.9 Å². The van der Waals surface area contributed by atoms with Gasteiger partial charge in [0.2, 0.25) is 5.91 Å². The van der Waals surface area contributed by atoms with E-state index in [0.717, 1.165) is 0 Å². The minimum atomic E-state index is -0.631. The summed E-state index contributed by atoms with van der Waals surface area (Å²) in [6.07, 6.45) is 4.36. The third-order valence-electron chi connectivity index (χ3n) is 2.12. The van der Waals surface area contributed by atoms with Crippen LogP contribution in [-0.2, 0) is 0 Å². The van der Waals surface area contributed by atoms with Crippen molar-refractivity contribution in [2.75, 3.05) is 14.1 Å². The van der Waals surface area contributed by atoms with Gasteiger partial charge in [-0.05, 0) is 12.1 Å².